The fourth-order valence-electron chi connectivity index (χ4n) is 1.94. The maximum absolute atomic E-state index is 11.6. The summed E-state index contributed by atoms with van der Waals surface area (Å²) in [6.45, 7) is 6.43. The number of aliphatic imine (C=N–C) groups is 1. The second-order valence-electron chi connectivity index (χ2n) is 5.57. The Morgan fingerprint density at radius 3 is 2.77 bits per heavy atom. The zero-order valence-corrected chi connectivity index (χ0v) is 14.9. The number of hydrogen-bond acceptors (Lipinski definition) is 3. The van der Waals surface area contributed by atoms with E-state index in [0.717, 1.165) is 25.5 Å². The van der Waals surface area contributed by atoms with Crippen LogP contribution in [0.4, 0.5) is 0 Å². The van der Waals surface area contributed by atoms with Gasteiger partial charge in [0, 0.05) is 45.0 Å². The van der Waals surface area contributed by atoms with E-state index < -0.39 is 0 Å². The van der Waals surface area contributed by atoms with Gasteiger partial charge in [-0.25, -0.2) is 0 Å². The van der Waals surface area contributed by atoms with Crippen LogP contribution in [0.2, 0.25) is 0 Å². The number of amides is 1. The molecule has 1 atom stereocenters. The molecule has 2 N–H and O–H groups in total. The van der Waals surface area contributed by atoms with Gasteiger partial charge >= 0.3 is 0 Å². The summed E-state index contributed by atoms with van der Waals surface area (Å²) in [5.41, 5.74) is 0. The molecule has 5 nitrogen and oxygen atoms in total. The molecule has 0 aliphatic heterocycles. The van der Waals surface area contributed by atoms with Gasteiger partial charge in [-0.3, -0.25) is 9.79 Å². The van der Waals surface area contributed by atoms with Crippen LogP contribution in [0.3, 0.4) is 0 Å². The Morgan fingerprint density at radius 2 is 2.18 bits per heavy atom. The number of carbonyl (C=O) groups is 1. The monoisotopic (exact) mass is 324 g/mol. The van der Waals surface area contributed by atoms with Gasteiger partial charge < -0.3 is 15.5 Å². The molecule has 0 saturated heterocycles. The molecule has 124 valence electrons. The first-order valence-electron chi connectivity index (χ1n) is 7.77. The van der Waals surface area contributed by atoms with Crippen molar-refractivity contribution in [3.05, 3.63) is 22.4 Å². The van der Waals surface area contributed by atoms with Crippen molar-refractivity contribution in [1.82, 2.24) is 15.5 Å². The number of carbonyl (C=O) groups excluding carboxylic acids is 1. The van der Waals surface area contributed by atoms with Crippen LogP contribution in [0.1, 0.15) is 25.1 Å². The van der Waals surface area contributed by atoms with Crippen LogP contribution in [-0.2, 0) is 11.2 Å². The highest BCUT2D eigenvalue weighted by Crippen LogP contribution is 2.14. The molecule has 0 aromatic carbocycles. The van der Waals surface area contributed by atoms with Crippen molar-refractivity contribution in [2.24, 2.45) is 10.9 Å². The summed E-state index contributed by atoms with van der Waals surface area (Å²) in [7, 11) is 3.54. The second kappa shape index (κ2) is 10.2. The summed E-state index contributed by atoms with van der Waals surface area (Å²) >= 11 is 1.79. The van der Waals surface area contributed by atoms with E-state index in [1.54, 1.807) is 30.3 Å². The molecule has 1 aromatic heterocycles. The highest BCUT2D eigenvalue weighted by molar-refractivity contribution is 7.09. The third kappa shape index (κ3) is 7.45. The maximum Gasteiger partial charge on any atom is 0.223 e. The number of nitrogens with zero attached hydrogens (tertiary/aromatic N) is 2. The zero-order chi connectivity index (χ0) is 16.4. The van der Waals surface area contributed by atoms with Gasteiger partial charge in [0.15, 0.2) is 5.96 Å². The molecule has 22 heavy (non-hydrogen) atoms. The smallest absolute Gasteiger partial charge is 0.223 e. The van der Waals surface area contributed by atoms with Crippen molar-refractivity contribution < 1.29 is 4.79 Å². The van der Waals surface area contributed by atoms with Crippen molar-refractivity contribution in [1.29, 1.82) is 0 Å². The number of rotatable bonds is 8. The fraction of sp³-hybridized carbons (Fsp3) is 0.625. The molecule has 0 radical (unpaired) electrons. The third-order valence-electron chi connectivity index (χ3n) is 3.17. The van der Waals surface area contributed by atoms with Crippen LogP contribution in [0.5, 0.6) is 0 Å². The normalized spacial score (nSPS) is 12.8. The molecule has 1 aromatic rings. The first kappa shape index (κ1) is 18.5. The molecule has 0 aliphatic rings. The van der Waals surface area contributed by atoms with Crippen LogP contribution in [0.15, 0.2) is 22.5 Å². The molecule has 0 saturated carbocycles. The van der Waals surface area contributed by atoms with Gasteiger partial charge in [-0.15, -0.1) is 11.3 Å². The predicted molar refractivity (Wildman–Crippen MR) is 94.5 cm³/mol. The van der Waals surface area contributed by atoms with Crippen LogP contribution in [-0.4, -0.2) is 50.5 Å². The van der Waals surface area contributed by atoms with Crippen molar-refractivity contribution in [3.8, 4) is 0 Å². The number of hydrogen-bond donors (Lipinski definition) is 2. The molecule has 1 amide bonds. The standard InChI is InChI=1S/C16H28N4OS/c1-5-17-16(18-9-8-15(21)20(3)4)19-12-13(2)11-14-7-6-10-22-14/h6-7,10,13H,5,8-9,11-12H2,1-4H3,(H2,17,18,19). The summed E-state index contributed by atoms with van der Waals surface area (Å²) in [5.74, 6) is 1.40. The van der Waals surface area contributed by atoms with Gasteiger partial charge in [0.05, 0.1) is 0 Å². The first-order valence-corrected chi connectivity index (χ1v) is 8.65. The molecular formula is C16H28N4OS. The largest absolute Gasteiger partial charge is 0.357 e. The SMILES string of the molecule is CCNC(=NCC(C)Cc1cccs1)NCCC(=O)N(C)C. The van der Waals surface area contributed by atoms with E-state index in [0.29, 0.717) is 18.9 Å². The average Bonchev–Trinajstić information content (AvgIpc) is 2.97. The van der Waals surface area contributed by atoms with Gasteiger partial charge in [-0.1, -0.05) is 13.0 Å². The van der Waals surface area contributed by atoms with Crippen LogP contribution < -0.4 is 10.6 Å². The number of guanidine groups is 1. The van der Waals surface area contributed by atoms with Crippen molar-refractivity contribution in [2.45, 2.75) is 26.7 Å². The molecule has 0 bridgehead atoms. The third-order valence-corrected chi connectivity index (χ3v) is 4.06. The molecule has 1 rings (SSSR count). The lowest BCUT2D eigenvalue weighted by Gasteiger charge is -2.14. The van der Waals surface area contributed by atoms with Crippen molar-refractivity contribution >= 4 is 23.2 Å². The number of nitrogens with one attached hydrogen (secondary N) is 2. The Balaban J connectivity index is 2.38. The van der Waals surface area contributed by atoms with Crippen molar-refractivity contribution in [2.75, 3.05) is 33.7 Å². The Bertz CT molecular complexity index is 457. The predicted octanol–water partition coefficient (Wildman–Crippen LogP) is 1.96. The van der Waals surface area contributed by atoms with Gasteiger partial charge in [0.2, 0.25) is 5.91 Å². The van der Waals surface area contributed by atoms with Crippen LogP contribution in [0.25, 0.3) is 0 Å². The molecule has 1 heterocycles. The fourth-order valence-corrected chi connectivity index (χ4v) is 2.81. The van der Waals surface area contributed by atoms with Crippen LogP contribution >= 0.6 is 11.3 Å². The Hall–Kier alpha value is -1.56. The molecule has 0 fully saturated rings. The van der Waals surface area contributed by atoms with Gasteiger partial charge in [0.25, 0.3) is 0 Å². The van der Waals surface area contributed by atoms with Crippen LogP contribution in [0, 0.1) is 5.92 Å². The van der Waals surface area contributed by atoms with Gasteiger partial charge in [-0.2, -0.15) is 0 Å². The lowest BCUT2D eigenvalue weighted by molar-refractivity contribution is -0.128. The lowest BCUT2D eigenvalue weighted by atomic mass is 10.1. The van der Waals surface area contributed by atoms with E-state index >= 15 is 0 Å². The van der Waals surface area contributed by atoms with E-state index in [4.69, 9.17) is 0 Å². The Kier molecular flexibility index (Phi) is 8.58. The first-order chi connectivity index (χ1) is 10.5. The average molecular weight is 324 g/mol. The molecule has 0 spiro atoms. The molecular weight excluding hydrogens is 296 g/mol. The summed E-state index contributed by atoms with van der Waals surface area (Å²) < 4.78 is 0. The summed E-state index contributed by atoms with van der Waals surface area (Å²) in [6.07, 6.45) is 1.53. The van der Waals surface area contributed by atoms with Crippen molar-refractivity contribution in [3.63, 3.8) is 0 Å². The van der Waals surface area contributed by atoms with E-state index in [2.05, 4.69) is 40.1 Å². The topological polar surface area (TPSA) is 56.7 Å². The van der Waals surface area contributed by atoms with E-state index in [9.17, 15) is 4.79 Å². The minimum absolute atomic E-state index is 0.120. The maximum atomic E-state index is 11.6. The minimum Gasteiger partial charge on any atom is -0.357 e. The lowest BCUT2D eigenvalue weighted by Crippen LogP contribution is -2.39. The zero-order valence-electron chi connectivity index (χ0n) is 14.1. The van der Waals surface area contributed by atoms with E-state index in [1.165, 1.54) is 4.88 Å². The van der Waals surface area contributed by atoms with E-state index in [-0.39, 0.29) is 5.91 Å². The second-order valence-corrected chi connectivity index (χ2v) is 6.61. The van der Waals surface area contributed by atoms with Gasteiger partial charge in [-0.05, 0) is 30.7 Å². The summed E-state index contributed by atoms with van der Waals surface area (Å²) in [5, 5.41) is 8.54. The highest BCUT2D eigenvalue weighted by Gasteiger charge is 2.06. The molecule has 0 aliphatic carbocycles. The summed E-state index contributed by atoms with van der Waals surface area (Å²) in [4.78, 5) is 19.2. The molecule has 1 unspecified atom stereocenters. The van der Waals surface area contributed by atoms with E-state index in [1.807, 2.05) is 6.92 Å². The number of thiophene rings is 1. The quantitative estimate of drug-likeness (QED) is 0.568. The Labute approximate surface area is 137 Å². The summed E-state index contributed by atoms with van der Waals surface area (Å²) in [6, 6.07) is 4.25. The van der Waals surface area contributed by atoms with Gasteiger partial charge in [0.1, 0.15) is 0 Å². The minimum atomic E-state index is 0.120. The molecule has 6 heteroatoms. The Morgan fingerprint density at radius 1 is 1.41 bits per heavy atom. The highest BCUT2D eigenvalue weighted by atomic mass is 32.1.